The van der Waals surface area contributed by atoms with Crippen molar-refractivity contribution in [3.63, 3.8) is 0 Å². The Morgan fingerprint density at radius 1 is 1.17 bits per heavy atom. The molecular weight excluding hydrogens is 240 g/mol. The summed E-state index contributed by atoms with van der Waals surface area (Å²) < 4.78 is 0. The molecule has 0 spiro atoms. The fourth-order valence-electron chi connectivity index (χ4n) is 3.19. The van der Waals surface area contributed by atoms with E-state index in [1.54, 1.807) is 0 Å². The summed E-state index contributed by atoms with van der Waals surface area (Å²) in [6, 6.07) is 0. The summed E-state index contributed by atoms with van der Waals surface area (Å²) in [5.74, 6) is 1.91. The monoisotopic (exact) mass is 268 g/mol. The molecular formula is C15H28N2S. The molecule has 1 saturated heterocycles. The molecule has 2 nitrogen and oxygen atoms in total. The van der Waals surface area contributed by atoms with E-state index in [1.165, 1.54) is 23.8 Å². The molecule has 0 aromatic carbocycles. The second-order valence-electron chi connectivity index (χ2n) is 7.04. The second kappa shape index (κ2) is 4.43. The average molecular weight is 268 g/mol. The van der Waals surface area contributed by atoms with Gasteiger partial charge >= 0.3 is 0 Å². The van der Waals surface area contributed by atoms with E-state index in [9.17, 15) is 0 Å². The van der Waals surface area contributed by atoms with Crippen LogP contribution in [0.1, 0.15) is 54.4 Å². The standard InChI is InChI=1S/C15H28N2S/c1-7-15(8-2)10-18-12(17-15)16-9-11-13(3,4)14(11,5)6/h11H,7-10H2,1-6H3,(H,16,17). The highest BCUT2D eigenvalue weighted by molar-refractivity contribution is 8.14. The third-order valence-electron chi connectivity index (χ3n) is 5.95. The van der Waals surface area contributed by atoms with Crippen LogP contribution >= 0.6 is 11.8 Å². The van der Waals surface area contributed by atoms with E-state index in [-0.39, 0.29) is 0 Å². The third-order valence-corrected chi connectivity index (χ3v) is 7.15. The van der Waals surface area contributed by atoms with Crippen molar-refractivity contribution in [3.05, 3.63) is 0 Å². The molecule has 1 aliphatic carbocycles. The van der Waals surface area contributed by atoms with Gasteiger partial charge in [0.15, 0.2) is 5.17 Å². The van der Waals surface area contributed by atoms with Crippen molar-refractivity contribution in [3.8, 4) is 0 Å². The van der Waals surface area contributed by atoms with Gasteiger partial charge in [0.2, 0.25) is 0 Å². The molecule has 0 amide bonds. The Hall–Kier alpha value is -0.180. The van der Waals surface area contributed by atoms with Crippen LogP contribution in [0.3, 0.4) is 0 Å². The zero-order valence-electron chi connectivity index (χ0n) is 12.8. The van der Waals surface area contributed by atoms with Crippen LogP contribution in [0.25, 0.3) is 0 Å². The first-order valence-electron chi connectivity index (χ1n) is 7.24. The van der Waals surface area contributed by atoms with Crippen molar-refractivity contribution in [1.29, 1.82) is 0 Å². The van der Waals surface area contributed by atoms with Crippen LogP contribution in [0.2, 0.25) is 0 Å². The van der Waals surface area contributed by atoms with Crippen molar-refractivity contribution < 1.29 is 0 Å². The number of hydrogen-bond acceptors (Lipinski definition) is 2. The molecule has 0 aromatic rings. The van der Waals surface area contributed by atoms with Gasteiger partial charge in [-0.2, -0.15) is 0 Å². The van der Waals surface area contributed by atoms with E-state index in [4.69, 9.17) is 4.99 Å². The zero-order valence-corrected chi connectivity index (χ0v) is 13.6. The average Bonchev–Trinajstić information content (AvgIpc) is 2.69. The Morgan fingerprint density at radius 2 is 1.72 bits per heavy atom. The van der Waals surface area contributed by atoms with E-state index in [0.29, 0.717) is 16.4 Å². The minimum Gasteiger partial charge on any atom is -0.359 e. The first kappa shape index (κ1) is 14.2. The fraction of sp³-hybridized carbons (Fsp3) is 0.933. The Kier molecular flexibility index (Phi) is 3.50. The summed E-state index contributed by atoms with van der Waals surface area (Å²) in [4.78, 5) is 4.84. The molecule has 1 aliphatic heterocycles. The molecule has 0 aromatic heterocycles. The maximum atomic E-state index is 4.84. The number of rotatable bonds is 4. The summed E-state index contributed by atoms with van der Waals surface area (Å²) in [7, 11) is 0. The van der Waals surface area contributed by atoms with Crippen LogP contribution in [-0.2, 0) is 0 Å². The van der Waals surface area contributed by atoms with Gasteiger partial charge in [0.05, 0.1) is 0 Å². The maximum Gasteiger partial charge on any atom is 0.157 e. The van der Waals surface area contributed by atoms with E-state index in [1.807, 2.05) is 11.8 Å². The Labute approximate surface area is 116 Å². The first-order chi connectivity index (χ1) is 8.29. The molecule has 0 bridgehead atoms. The van der Waals surface area contributed by atoms with Gasteiger partial charge in [0.1, 0.15) is 0 Å². The predicted octanol–water partition coefficient (Wildman–Crippen LogP) is 3.92. The Bertz CT molecular complexity index is 340. The van der Waals surface area contributed by atoms with Crippen LogP contribution in [0.15, 0.2) is 4.99 Å². The van der Waals surface area contributed by atoms with Crippen molar-refractivity contribution in [2.45, 2.75) is 59.9 Å². The Morgan fingerprint density at radius 3 is 2.11 bits per heavy atom. The summed E-state index contributed by atoms with van der Waals surface area (Å²) in [5, 5.41) is 4.83. The van der Waals surface area contributed by atoms with Crippen LogP contribution in [-0.4, -0.2) is 23.0 Å². The lowest BCUT2D eigenvalue weighted by molar-refractivity contribution is 0.407. The highest BCUT2D eigenvalue weighted by Gasteiger charge is 2.64. The number of thioether (sulfide) groups is 1. The van der Waals surface area contributed by atoms with Crippen LogP contribution < -0.4 is 5.32 Å². The minimum absolute atomic E-state index is 0.304. The van der Waals surface area contributed by atoms with Gasteiger partial charge in [-0.05, 0) is 29.6 Å². The smallest absolute Gasteiger partial charge is 0.157 e. The molecule has 0 radical (unpaired) electrons. The third kappa shape index (κ3) is 2.09. The molecule has 2 fully saturated rings. The Balaban J connectivity index is 1.94. The summed E-state index contributed by atoms with van der Waals surface area (Å²) >= 11 is 1.91. The van der Waals surface area contributed by atoms with Crippen molar-refractivity contribution in [2.75, 3.05) is 12.3 Å². The lowest BCUT2D eigenvalue weighted by Crippen LogP contribution is -2.42. The molecule has 2 aliphatic rings. The quantitative estimate of drug-likeness (QED) is 0.835. The van der Waals surface area contributed by atoms with Gasteiger partial charge in [0, 0.05) is 17.8 Å². The maximum absolute atomic E-state index is 4.84. The van der Waals surface area contributed by atoms with Crippen LogP contribution in [0.5, 0.6) is 0 Å². The van der Waals surface area contributed by atoms with E-state index >= 15 is 0 Å². The lowest BCUT2D eigenvalue weighted by atomic mass is 9.96. The van der Waals surface area contributed by atoms with E-state index < -0.39 is 0 Å². The highest BCUT2D eigenvalue weighted by atomic mass is 32.2. The van der Waals surface area contributed by atoms with Crippen molar-refractivity contribution >= 4 is 16.9 Å². The summed E-state index contributed by atoms with van der Waals surface area (Å²) in [6.45, 7) is 15.0. The number of nitrogens with one attached hydrogen (secondary N) is 1. The predicted molar refractivity (Wildman–Crippen MR) is 82.3 cm³/mol. The van der Waals surface area contributed by atoms with E-state index in [0.717, 1.165) is 12.5 Å². The van der Waals surface area contributed by atoms with Gasteiger partial charge in [-0.25, -0.2) is 0 Å². The van der Waals surface area contributed by atoms with Gasteiger partial charge < -0.3 is 5.32 Å². The largest absolute Gasteiger partial charge is 0.359 e. The SMILES string of the molecule is CCC1(CC)CSC(=NCC2C(C)(C)C2(C)C)N1. The highest BCUT2D eigenvalue weighted by Crippen LogP contribution is 2.68. The number of amidine groups is 1. The van der Waals surface area contributed by atoms with Crippen LogP contribution in [0, 0.1) is 16.7 Å². The van der Waals surface area contributed by atoms with Crippen molar-refractivity contribution in [2.24, 2.45) is 21.7 Å². The molecule has 1 N–H and O–H groups in total. The molecule has 1 heterocycles. The molecule has 0 unspecified atom stereocenters. The molecule has 1 saturated carbocycles. The normalized spacial score (nSPS) is 30.4. The van der Waals surface area contributed by atoms with Gasteiger partial charge in [0.25, 0.3) is 0 Å². The summed E-state index contributed by atoms with van der Waals surface area (Å²) in [5.41, 5.74) is 1.21. The second-order valence-corrected chi connectivity index (χ2v) is 8.01. The first-order valence-corrected chi connectivity index (χ1v) is 8.23. The molecule has 104 valence electrons. The van der Waals surface area contributed by atoms with Crippen molar-refractivity contribution in [1.82, 2.24) is 5.32 Å². The van der Waals surface area contributed by atoms with Gasteiger partial charge in [-0.3, -0.25) is 4.99 Å². The molecule has 0 atom stereocenters. The lowest BCUT2D eigenvalue weighted by Gasteiger charge is -2.25. The summed E-state index contributed by atoms with van der Waals surface area (Å²) in [6.07, 6.45) is 2.38. The number of hydrogen-bond donors (Lipinski definition) is 1. The van der Waals surface area contributed by atoms with Crippen LogP contribution in [0.4, 0.5) is 0 Å². The number of nitrogens with zero attached hydrogens (tertiary/aromatic N) is 1. The molecule has 3 heteroatoms. The zero-order chi connectivity index (χ0) is 13.6. The van der Waals surface area contributed by atoms with Gasteiger partial charge in [-0.1, -0.05) is 53.3 Å². The molecule has 18 heavy (non-hydrogen) atoms. The van der Waals surface area contributed by atoms with E-state index in [2.05, 4.69) is 46.9 Å². The minimum atomic E-state index is 0.304. The molecule has 2 rings (SSSR count). The van der Waals surface area contributed by atoms with Gasteiger partial charge in [-0.15, -0.1) is 0 Å². The number of aliphatic imine (C=N–C) groups is 1. The topological polar surface area (TPSA) is 24.4 Å². The fourth-order valence-corrected chi connectivity index (χ4v) is 4.53.